The summed E-state index contributed by atoms with van der Waals surface area (Å²) in [7, 11) is 0. The van der Waals surface area contributed by atoms with E-state index in [1.165, 1.54) is 12.3 Å². The van der Waals surface area contributed by atoms with Crippen LogP contribution in [0.2, 0.25) is 0 Å². The molecule has 92 valence electrons. The molecule has 0 saturated carbocycles. The number of anilines is 1. The molecule has 0 bridgehead atoms. The molecule has 0 spiro atoms. The predicted octanol–water partition coefficient (Wildman–Crippen LogP) is 1.16. The first-order chi connectivity index (χ1) is 8.20. The third-order valence-electron chi connectivity index (χ3n) is 3.12. The van der Waals surface area contributed by atoms with Crippen LogP contribution in [0.1, 0.15) is 12.8 Å². The molecule has 1 fully saturated rings. The predicted molar refractivity (Wildman–Crippen MR) is 64.9 cm³/mol. The van der Waals surface area contributed by atoms with Crippen molar-refractivity contribution in [3.8, 4) is 0 Å². The van der Waals surface area contributed by atoms with Crippen molar-refractivity contribution in [1.29, 1.82) is 0 Å². The van der Waals surface area contributed by atoms with Crippen LogP contribution in [0.15, 0.2) is 18.3 Å². The first-order valence-electron chi connectivity index (χ1n) is 5.76. The molecule has 2 rings (SSSR count). The quantitative estimate of drug-likeness (QED) is 0.628. The number of nitrogens with two attached hydrogens (primary N) is 1. The Bertz CT molecular complexity index is 393. The molecule has 17 heavy (non-hydrogen) atoms. The van der Waals surface area contributed by atoms with Crippen molar-refractivity contribution in [3.63, 3.8) is 0 Å². The van der Waals surface area contributed by atoms with Gasteiger partial charge in [-0.05, 0) is 31.4 Å². The molecule has 2 heterocycles. The van der Waals surface area contributed by atoms with E-state index in [2.05, 4.69) is 9.88 Å². The van der Waals surface area contributed by atoms with Crippen LogP contribution < -0.4 is 10.6 Å². The van der Waals surface area contributed by atoms with Gasteiger partial charge in [0.15, 0.2) is 0 Å². The molecule has 1 atom stereocenters. The van der Waals surface area contributed by atoms with Gasteiger partial charge in [-0.15, -0.1) is 0 Å². The molecule has 1 aromatic heterocycles. The van der Waals surface area contributed by atoms with E-state index in [1.54, 1.807) is 6.07 Å². The molecular formula is C11H16N4O2. The Hall–Kier alpha value is -1.69. The molecule has 2 N–H and O–H groups in total. The summed E-state index contributed by atoms with van der Waals surface area (Å²) in [6, 6.07) is 3.20. The van der Waals surface area contributed by atoms with Crippen molar-refractivity contribution < 1.29 is 4.92 Å². The molecule has 1 aromatic rings. The van der Waals surface area contributed by atoms with Gasteiger partial charge < -0.3 is 10.6 Å². The van der Waals surface area contributed by atoms with Crippen LogP contribution in [0.4, 0.5) is 11.5 Å². The van der Waals surface area contributed by atoms with Crippen LogP contribution in [0.5, 0.6) is 0 Å². The minimum absolute atomic E-state index is 0.0288. The zero-order valence-electron chi connectivity index (χ0n) is 9.58. The maximum absolute atomic E-state index is 10.5. The van der Waals surface area contributed by atoms with Crippen LogP contribution in [-0.4, -0.2) is 29.5 Å². The lowest BCUT2D eigenvalue weighted by molar-refractivity contribution is -0.385. The standard InChI is InChI=1S/C11H16N4O2/c12-6-9-2-1-5-14(8-9)11-4-3-10(7-13-11)15(16)17/h3-4,7,9H,1-2,5-6,8,12H2/t9-/m1/s1. The van der Waals surface area contributed by atoms with Crippen molar-refractivity contribution in [2.75, 3.05) is 24.5 Å². The third-order valence-corrected chi connectivity index (χ3v) is 3.12. The van der Waals surface area contributed by atoms with E-state index in [-0.39, 0.29) is 5.69 Å². The van der Waals surface area contributed by atoms with Gasteiger partial charge in [0.1, 0.15) is 12.0 Å². The first-order valence-corrected chi connectivity index (χ1v) is 5.76. The van der Waals surface area contributed by atoms with Crippen molar-refractivity contribution in [3.05, 3.63) is 28.4 Å². The number of aromatic nitrogens is 1. The number of hydrogen-bond donors (Lipinski definition) is 1. The first kappa shape index (κ1) is 11.8. The highest BCUT2D eigenvalue weighted by Gasteiger charge is 2.20. The van der Waals surface area contributed by atoms with E-state index >= 15 is 0 Å². The second-order valence-electron chi connectivity index (χ2n) is 4.32. The molecule has 0 aromatic carbocycles. The number of nitro groups is 1. The van der Waals surface area contributed by atoms with Crippen LogP contribution in [0, 0.1) is 16.0 Å². The monoisotopic (exact) mass is 236 g/mol. The summed E-state index contributed by atoms with van der Waals surface area (Å²) in [5, 5.41) is 10.5. The molecule has 1 aliphatic heterocycles. The molecule has 0 unspecified atom stereocenters. The number of hydrogen-bond acceptors (Lipinski definition) is 5. The Morgan fingerprint density at radius 3 is 3.00 bits per heavy atom. The Morgan fingerprint density at radius 2 is 2.41 bits per heavy atom. The van der Waals surface area contributed by atoms with E-state index in [4.69, 9.17) is 5.73 Å². The SMILES string of the molecule is NC[C@H]1CCCN(c2ccc([N+](=O)[O-])cn2)C1. The summed E-state index contributed by atoms with van der Waals surface area (Å²) >= 11 is 0. The molecular weight excluding hydrogens is 220 g/mol. The van der Waals surface area contributed by atoms with E-state index in [9.17, 15) is 10.1 Å². The average Bonchev–Trinajstić information content (AvgIpc) is 2.39. The van der Waals surface area contributed by atoms with Crippen LogP contribution >= 0.6 is 0 Å². The van der Waals surface area contributed by atoms with Crippen LogP contribution in [0.25, 0.3) is 0 Å². The highest BCUT2D eigenvalue weighted by atomic mass is 16.6. The van der Waals surface area contributed by atoms with Crippen LogP contribution in [0.3, 0.4) is 0 Å². The van der Waals surface area contributed by atoms with E-state index in [0.29, 0.717) is 12.5 Å². The van der Waals surface area contributed by atoms with Crippen molar-refractivity contribution in [2.45, 2.75) is 12.8 Å². The molecule has 1 saturated heterocycles. The molecule has 0 aliphatic carbocycles. The summed E-state index contributed by atoms with van der Waals surface area (Å²) < 4.78 is 0. The maximum Gasteiger partial charge on any atom is 0.287 e. The second kappa shape index (κ2) is 5.09. The lowest BCUT2D eigenvalue weighted by Crippen LogP contribution is -2.38. The molecule has 0 radical (unpaired) electrons. The largest absolute Gasteiger partial charge is 0.356 e. The fourth-order valence-corrected chi connectivity index (χ4v) is 2.14. The summed E-state index contributed by atoms with van der Waals surface area (Å²) in [6.07, 6.45) is 3.56. The Labute approximate surface area is 99.6 Å². The minimum atomic E-state index is -0.435. The number of rotatable bonds is 3. The molecule has 1 aliphatic rings. The lowest BCUT2D eigenvalue weighted by Gasteiger charge is -2.32. The van der Waals surface area contributed by atoms with Crippen molar-refractivity contribution in [1.82, 2.24) is 4.98 Å². The highest BCUT2D eigenvalue weighted by Crippen LogP contribution is 2.22. The second-order valence-corrected chi connectivity index (χ2v) is 4.32. The molecule has 0 amide bonds. The van der Waals surface area contributed by atoms with Crippen molar-refractivity contribution in [2.24, 2.45) is 11.7 Å². The summed E-state index contributed by atoms with van der Waals surface area (Å²) in [4.78, 5) is 16.4. The van der Waals surface area contributed by atoms with Gasteiger partial charge in [0.05, 0.1) is 4.92 Å². The third kappa shape index (κ3) is 2.71. The summed E-state index contributed by atoms with van der Waals surface area (Å²) in [5.74, 6) is 1.30. The van der Waals surface area contributed by atoms with Gasteiger partial charge >= 0.3 is 0 Å². The zero-order chi connectivity index (χ0) is 12.3. The van der Waals surface area contributed by atoms with Gasteiger partial charge in [-0.3, -0.25) is 10.1 Å². The fraction of sp³-hybridized carbons (Fsp3) is 0.545. The number of nitrogens with zero attached hydrogens (tertiary/aromatic N) is 3. The van der Waals surface area contributed by atoms with Gasteiger partial charge in [-0.25, -0.2) is 4.98 Å². The van der Waals surface area contributed by atoms with Gasteiger partial charge in [-0.1, -0.05) is 0 Å². The average molecular weight is 236 g/mol. The zero-order valence-corrected chi connectivity index (χ0v) is 9.58. The Kier molecular flexibility index (Phi) is 3.53. The van der Waals surface area contributed by atoms with E-state index in [1.807, 2.05) is 0 Å². The summed E-state index contributed by atoms with van der Waals surface area (Å²) in [5.41, 5.74) is 5.70. The normalized spacial score (nSPS) is 20.3. The smallest absolute Gasteiger partial charge is 0.287 e. The lowest BCUT2D eigenvalue weighted by atomic mass is 9.98. The van der Waals surface area contributed by atoms with Crippen molar-refractivity contribution >= 4 is 11.5 Å². The van der Waals surface area contributed by atoms with E-state index < -0.39 is 4.92 Å². The fourth-order valence-electron chi connectivity index (χ4n) is 2.14. The Morgan fingerprint density at radius 1 is 1.59 bits per heavy atom. The van der Waals surface area contributed by atoms with E-state index in [0.717, 1.165) is 31.7 Å². The van der Waals surface area contributed by atoms with Crippen LogP contribution in [-0.2, 0) is 0 Å². The maximum atomic E-state index is 10.5. The molecule has 6 heteroatoms. The van der Waals surface area contributed by atoms with Gasteiger partial charge in [0.2, 0.25) is 0 Å². The highest BCUT2D eigenvalue weighted by molar-refractivity contribution is 5.43. The van der Waals surface area contributed by atoms with Gasteiger partial charge in [-0.2, -0.15) is 0 Å². The van der Waals surface area contributed by atoms with Gasteiger partial charge in [0, 0.05) is 19.2 Å². The summed E-state index contributed by atoms with van der Waals surface area (Å²) in [6.45, 7) is 2.52. The van der Waals surface area contributed by atoms with Gasteiger partial charge in [0.25, 0.3) is 5.69 Å². The number of piperidine rings is 1. The number of pyridine rings is 1. The Balaban J connectivity index is 2.08. The topological polar surface area (TPSA) is 85.3 Å². The minimum Gasteiger partial charge on any atom is -0.356 e. The molecule has 6 nitrogen and oxygen atoms in total.